The van der Waals surface area contributed by atoms with Crippen molar-refractivity contribution in [2.75, 3.05) is 0 Å². The first kappa shape index (κ1) is 14.5. The van der Waals surface area contributed by atoms with Gasteiger partial charge in [-0.05, 0) is 11.8 Å². The van der Waals surface area contributed by atoms with Crippen molar-refractivity contribution >= 4 is 0 Å². The van der Waals surface area contributed by atoms with E-state index in [4.69, 9.17) is 0 Å². The lowest BCUT2D eigenvalue weighted by molar-refractivity contribution is 0.284. The van der Waals surface area contributed by atoms with Crippen molar-refractivity contribution in [2.24, 2.45) is 11.8 Å². The van der Waals surface area contributed by atoms with Gasteiger partial charge in [-0.15, -0.1) is 0 Å². The van der Waals surface area contributed by atoms with Gasteiger partial charge in [0.15, 0.2) is 0 Å². The van der Waals surface area contributed by atoms with Crippen LogP contribution in [0, 0.1) is 11.8 Å². The minimum atomic E-state index is 0. The molecule has 1 fully saturated rings. The molecule has 0 aromatic carbocycles. The second kappa shape index (κ2) is 9.09. The fraction of sp³-hybridized carbons (Fsp3) is 1.00. The molecule has 0 aliphatic heterocycles. The summed E-state index contributed by atoms with van der Waals surface area (Å²) < 4.78 is 0. The van der Waals surface area contributed by atoms with E-state index in [2.05, 4.69) is 13.8 Å². The lowest BCUT2D eigenvalue weighted by atomic mass is 9.82. The van der Waals surface area contributed by atoms with Crippen LogP contribution in [0.25, 0.3) is 0 Å². The zero-order valence-electron chi connectivity index (χ0n) is 8.69. The van der Waals surface area contributed by atoms with Crippen LogP contribution in [0.2, 0.25) is 0 Å². The van der Waals surface area contributed by atoms with Gasteiger partial charge >= 0.3 is 0 Å². The van der Waals surface area contributed by atoms with E-state index in [0.29, 0.717) is 0 Å². The zero-order valence-corrected chi connectivity index (χ0v) is 8.69. The molecule has 0 spiro atoms. The van der Waals surface area contributed by atoms with Crippen molar-refractivity contribution in [3.63, 3.8) is 0 Å². The number of hydrogen-bond donors (Lipinski definition) is 0. The van der Waals surface area contributed by atoms with E-state index < -0.39 is 0 Å². The van der Waals surface area contributed by atoms with Crippen LogP contribution >= 0.6 is 0 Å². The Kier molecular flexibility index (Phi) is 11.0. The van der Waals surface area contributed by atoms with Crippen molar-refractivity contribution in [3.05, 3.63) is 0 Å². The second-order valence-electron chi connectivity index (χ2n) is 3.53. The van der Waals surface area contributed by atoms with Gasteiger partial charge in [0.2, 0.25) is 0 Å². The minimum Gasteiger partial charge on any atom is -0.0776 e. The molecule has 12 heavy (non-hydrogen) atoms. The first-order chi connectivity index (χ1) is 5.33. The smallest absolute Gasteiger partial charge is 0.0417 e. The van der Waals surface area contributed by atoms with Crippen LogP contribution in [-0.4, -0.2) is 0 Å². The van der Waals surface area contributed by atoms with Crippen molar-refractivity contribution in [3.8, 4) is 0 Å². The lowest BCUT2D eigenvalue weighted by Crippen LogP contribution is -2.10. The third kappa shape index (κ3) is 5.62. The van der Waals surface area contributed by atoms with Gasteiger partial charge in [-0.2, -0.15) is 0 Å². The summed E-state index contributed by atoms with van der Waals surface area (Å²) in [6.45, 7) is 8.70. The van der Waals surface area contributed by atoms with Crippen LogP contribution in [0.1, 0.15) is 67.2 Å². The van der Waals surface area contributed by atoms with E-state index in [1.165, 1.54) is 32.1 Å². The van der Waals surface area contributed by atoms with E-state index in [0.717, 1.165) is 11.8 Å². The minimum absolute atomic E-state index is 0. The molecule has 0 saturated heterocycles. The topological polar surface area (TPSA) is 0 Å². The molecule has 0 bridgehead atoms. The van der Waals surface area contributed by atoms with Gasteiger partial charge in [-0.3, -0.25) is 0 Å². The van der Waals surface area contributed by atoms with Crippen LogP contribution in [0.4, 0.5) is 0 Å². The van der Waals surface area contributed by atoms with Gasteiger partial charge < -0.3 is 0 Å². The normalized spacial score (nSPS) is 28.0. The van der Waals surface area contributed by atoms with Crippen molar-refractivity contribution in [2.45, 2.75) is 67.2 Å². The number of hydrogen-bond acceptors (Lipinski definition) is 0. The Morgan fingerprint density at radius 2 is 1.42 bits per heavy atom. The van der Waals surface area contributed by atoms with E-state index in [9.17, 15) is 0 Å². The molecule has 0 amide bonds. The third-order valence-electron chi connectivity index (χ3n) is 2.71. The third-order valence-corrected chi connectivity index (χ3v) is 2.71. The van der Waals surface area contributed by atoms with Crippen LogP contribution in [0.15, 0.2) is 0 Å². The molecular weight excluding hydrogens is 144 g/mol. The highest BCUT2D eigenvalue weighted by molar-refractivity contribution is 4.68. The summed E-state index contributed by atoms with van der Waals surface area (Å²) in [5, 5.41) is 0. The molecule has 0 N–H and O–H groups in total. The fourth-order valence-electron chi connectivity index (χ4n) is 1.74. The Morgan fingerprint density at radius 1 is 1.00 bits per heavy atom. The first-order valence-corrected chi connectivity index (χ1v) is 5.33. The molecule has 0 atom stereocenters. The molecule has 1 aliphatic rings. The lowest BCUT2D eigenvalue weighted by Gasteiger charge is -2.24. The molecule has 0 heteroatoms. The molecule has 0 unspecified atom stereocenters. The standard InChI is InChI=1S/C9H18.C2H6.CH4/c1-3-9-6-4-8(2)5-7-9;1-2;/h8-9H,3-7H2,1-2H3;1-2H3;1H4. The second-order valence-corrected chi connectivity index (χ2v) is 3.53. The summed E-state index contributed by atoms with van der Waals surface area (Å²) >= 11 is 0. The highest BCUT2D eigenvalue weighted by Crippen LogP contribution is 2.29. The molecule has 1 aliphatic carbocycles. The molecule has 1 saturated carbocycles. The van der Waals surface area contributed by atoms with Crippen LogP contribution in [0.3, 0.4) is 0 Å². The summed E-state index contributed by atoms with van der Waals surface area (Å²) in [5.41, 5.74) is 0. The quantitative estimate of drug-likeness (QED) is 0.528. The molecule has 76 valence electrons. The maximum atomic E-state index is 2.38. The van der Waals surface area contributed by atoms with Gasteiger partial charge in [-0.1, -0.05) is 67.2 Å². The van der Waals surface area contributed by atoms with Crippen molar-refractivity contribution in [1.82, 2.24) is 0 Å². The SMILES string of the molecule is C.CC.CCC1CCC(C)CC1. The molecule has 0 heterocycles. The van der Waals surface area contributed by atoms with Gasteiger partial charge in [0.1, 0.15) is 0 Å². The van der Waals surface area contributed by atoms with Crippen LogP contribution < -0.4 is 0 Å². The summed E-state index contributed by atoms with van der Waals surface area (Å²) in [4.78, 5) is 0. The summed E-state index contributed by atoms with van der Waals surface area (Å²) in [7, 11) is 0. The Balaban J connectivity index is 0. The van der Waals surface area contributed by atoms with E-state index in [1.54, 1.807) is 0 Å². The van der Waals surface area contributed by atoms with Crippen LogP contribution in [-0.2, 0) is 0 Å². The highest BCUT2D eigenvalue weighted by atomic mass is 14.2. The average Bonchev–Trinajstić information content (AvgIpc) is 2.10. The summed E-state index contributed by atoms with van der Waals surface area (Å²) in [6.07, 6.45) is 7.37. The molecule has 1 rings (SSSR count). The fourth-order valence-corrected chi connectivity index (χ4v) is 1.74. The maximum Gasteiger partial charge on any atom is -0.0417 e. The van der Waals surface area contributed by atoms with Crippen molar-refractivity contribution in [1.29, 1.82) is 0 Å². The molecular formula is C12H28. The van der Waals surface area contributed by atoms with Gasteiger partial charge in [0.25, 0.3) is 0 Å². The van der Waals surface area contributed by atoms with Gasteiger partial charge in [-0.25, -0.2) is 0 Å². The van der Waals surface area contributed by atoms with Gasteiger partial charge in [0.05, 0.1) is 0 Å². The molecule has 0 aromatic heterocycles. The average molecular weight is 172 g/mol. The molecule has 0 aromatic rings. The predicted octanol–water partition coefficient (Wildman–Crippen LogP) is 4.89. The van der Waals surface area contributed by atoms with Gasteiger partial charge in [0, 0.05) is 0 Å². The van der Waals surface area contributed by atoms with Crippen molar-refractivity contribution < 1.29 is 0 Å². The van der Waals surface area contributed by atoms with E-state index in [-0.39, 0.29) is 7.43 Å². The number of rotatable bonds is 1. The predicted molar refractivity (Wildman–Crippen MR) is 59.5 cm³/mol. The monoisotopic (exact) mass is 172 g/mol. The zero-order chi connectivity index (χ0) is 8.69. The Hall–Kier alpha value is 0. The van der Waals surface area contributed by atoms with E-state index >= 15 is 0 Å². The Labute approximate surface area is 79.8 Å². The summed E-state index contributed by atoms with van der Waals surface area (Å²) in [6, 6.07) is 0. The largest absolute Gasteiger partial charge is 0.0776 e. The Morgan fingerprint density at radius 3 is 1.75 bits per heavy atom. The molecule has 0 nitrogen and oxygen atoms in total. The van der Waals surface area contributed by atoms with E-state index in [1.807, 2.05) is 13.8 Å². The Bertz CT molecular complexity index is 68.1. The molecule has 0 radical (unpaired) electrons. The highest BCUT2D eigenvalue weighted by Gasteiger charge is 2.15. The maximum absolute atomic E-state index is 2.38. The summed E-state index contributed by atoms with van der Waals surface area (Å²) in [5.74, 6) is 2.09. The first-order valence-electron chi connectivity index (χ1n) is 5.33. The van der Waals surface area contributed by atoms with Crippen LogP contribution in [0.5, 0.6) is 0 Å².